The predicted molar refractivity (Wildman–Crippen MR) is 152 cm³/mol. The van der Waals surface area contributed by atoms with Crippen LogP contribution in [0.25, 0.3) is 0 Å². The molecule has 0 saturated heterocycles. The summed E-state index contributed by atoms with van der Waals surface area (Å²) in [4.78, 5) is 35.3. The number of thiol groups is 1. The molecule has 1 unspecified atom stereocenters. The number of rotatable bonds is 15. The van der Waals surface area contributed by atoms with Crippen LogP contribution in [0.4, 0.5) is 14.4 Å². The Hall–Kier alpha value is -1.53. The molecule has 10 nitrogen and oxygen atoms in total. The lowest BCUT2D eigenvalue weighted by Gasteiger charge is -2.34. The largest absolute Gasteiger partial charge is 0.465 e. The van der Waals surface area contributed by atoms with Crippen molar-refractivity contribution in [3.05, 3.63) is 0 Å². The van der Waals surface area contributed by atoms with Crippen LogP contribution in [-0.4, -0.2) is 73.9 Å². The van der Waals surface area contributed by atoms with Gasteiger partial charge in [-0.05, 0) is 88.2 Å². The van der Waals surface area contributed by atoms with E-state index in [4.69, 9.17) is 19.3 Å². The van der Waals surface area contributed by atoms with Crippen molar-refractivity contribution in [3.8, 4) is 0 Å². The van der Waals surface area contributed by atoms with Crippen molar-refractivity contribution in [2.24, 2.45) is 17.3 Å². The number of carbonyl (C=O) groups is 3. The van der Waals surface area contributed by atoms with Gasteiger partial charge in [0, 0.05) is 24.9 Å². The van der Waals surface area contributed by atoms with E-state index < -0.39 is 23.7 Å². The van der Waals surface area contributed by atoms with Gasteiger partial charge in [-0.1, -0.05) is 18.9 Å². The predicted octanol–water partition coefficient (Wildman–Crippen LogP) is 5.23. The van der Waals surface area contributed by atoms with Crippen molar-refractivity contribution in [1.29, 1.82) is 0 Å². The van der Waals surface area contributed by atoms with Crippen LogP contribution in [0.5, 0.6) is 0 Å². The maximum absolute atomic E-state index is 12.6. The van der Waals surface area contributed by atoms with Crippen molar-refractivity contribution in [2.45, 2.75) is 89.6 Å². The molecule has 0 aromatic heterocycles. The van der Waals surface area contributed by atoms with Crippen molar-refractivity contribution >= 4 is 42.9 Å². The molecule has 220 valence electrons. The number of carbonyl (C=O) groups excluding carboxylic acids is 2. The zero-order valence-corrected chi connectivity index (χ0v) is 24.6. The first-order valence-corrected chi connectivity index (χ1v) is 15.7. The summed E-state index contributed by atoms with van der Waals surface area (Å²) >= 11 is 5.37. The minimum atomic E-state index is -0.928. The maximum atomic E-state index is 12.6. The van der Waals surface area contributed by atoms with Gasteiger partial charge in [-0.25, -0.2) is 14.4 Å². The van der Waals surface area contributed by atoms with Crippen molar-refractivity contribution in [2.75, 3.05) is 38.4 Å². The summed E-state index contributed by atoms with van der Waals surface area (Å²) < 4.78 is 19.3. The first-order valence-electron chi connectivity index (χ1n) is 13.9. The fourth-order valence-corrected chi connectivity index (χ4v) is 5.73. The molecule has 2 rings (SSSR count). The topological polar surface area (TPSA) is 135 Å². The van der Waals surface area contributed by atoms with E-state index in [0.717, 1.165) is 75.5 Å². The number of nitrogens with one attached hydrogen (secondary N) is 3. The quantitative estimate of drug-likeness (QED) is 0.102. The molecule has 0 spiro atoms. The standard InChI is InChI=1S/C26H47N3O7S2/c1-3-26(16-34-13-4-14-37,18-36-25(33)29-38-2)17-35-24(32)28-22-11-7-20(8-12-22)15-19-5-9-21(10-6-19)27-23(30)31/h19-22,27,37H,3-18H2,1-2H3,(H,28,32)(H,29,33)(H,30,31). The highest BCUT2D eigenvalue weighted by atomic mass is 32.2. The first kappa shape index (κ1) is 32.7. The molecule has 0 aromatic rings. The number of ether oxygens (including phenoxy) is 3. The molecule has 1 atom stereocenters. The molecule has 0 aliphatic heterocycles. The van der Waals surface area contributed by atoms with E-state index in [-0.39, 0.29) is 25.3 Å². The van der Waals surface area contributed by atoms with Crippen LogP contribution >= 0.6 is 24.6 Å². The van der Waals surface area contributed by atoms with E-state index in [1.807, 2.05) is 6.92 Å². The first-order chi connectivity index (χ1) is 18.3. The third-order valence-electron chi connectivity index (χ3n) is 7.82. The Balaban J connectivity index is 1.73. The van der Waals surface area contributed by atoms with Crippen LogP contribution in [0, 0.1) is 17.3 Å². The Bertz CT molecular complexity index is 717. The fraction of sp³-hybridized carbons (Fsp3) is 0.885. The third-order valence-corrected chi connectivity index (χ3v) is 8.51. The van der Waals surface area contributed by atoms with Gasteiger partial charge < -0.3 is 30.0 Å². The molecule has 2 aliphatic carbocycles. The lowest BCUT2D eigenvalue weighted by atomic mass is 9.76. The summed E-state index contributed by atoms with van der Waals surface area (Å²) in [5.41, 5.74) is -0.625. The normalized spacial score (nSPS) is 25.0. The molecular formula is C26H47N3O7S2. The summed E-state index contributed by atoms with van der Waals surface area (Å²) in [6.45, 7) is 3.01. The van der Waals surface area contributed by atoms with Gasteiger partial charge in [0.05, 0.1) is 12.0 Å². The molecule has 0 aromatic carbocycles. The van der Waals surface area contributed by atoms with Crippen LogP contribution in [0.1, 0.15) is 77.6 Å². The molecule has 0 heterocycles. The number of hydrogen-bond donors (Lipinski definition) is 5. The average molecular weight is 578 g/mol. The van der Waals surface area contributed by atoms with Crippen molar-refractivity contribution < 1.29 is 33.7 Å². The monoisotopic (exact) mass is 577 g/mol. The smallest absolute Gasteiger partial charge is 0.417 e. The van der Waals surface area contributed by atoms with Crippen LogP contribution in [0.15, 0.2) is 0 Å². The van der Waals surface area contributed by atoms with Crippen LogP contribution < -0.4 is 15.4 Å². The number of hydrogen-bond acceptors (Lipinski definition) is 8. The highest BCUT2D eigenvalue weighted by Gasteiger charge is 2.34. The summed E-state index contributed by atoms with van der Waals surface area (Å²) in [6, 6.07) is 0.195. The van der Waals surface area contributed by atoms with E-state index in [2.05, 4.69) is 28.0 Å². The Morgan fingerprint density at radius 1 is 0.895 bits per heavy atom. The molecule has 2 saturated carbocycles. The van der Waals surface area contributed by atoms with Gasteiger partial charge in [-0.3, -0.25) is 4.72 Å². The minimum absolute atomic E-state index is 0.0867. The SMILES string of the molecule is CCC(COCCCS)(COC(=O)NSC)COC(=O)NC1CCC(CC2CCC(NC(=O)O)CC2)CC1. The lowest BCUT2D eigenvalue weighted by Crippen LogP contribution is -2.43. The number of amides is 3. The molecule has 0 radical (unpaired) electrons. The van der Waals surface area contributed by atoms with E-state index >= 15 is 0 Å². The summed E-state index contributed by atoms with van der Waals surface area (Å²) in [6.07, 6.45) is 10.5. The van der Waals surface area contributed by atoms with Crippen LogP contribution in [-0.2, 0) is 14.2 Å². The van der Waals surface area contributed by atoms with Crippen LogP contribution in [0.2, 0.25) is 0 Å². The molecule has 12 heteroatoms. The van der Waals surface area contributed by atoms with Gasteiger partial charge in [0.2, 0.25) is 0 Å². The second-order valence-corrected chi connectivity index (χ2v) is 11.8. The van der Waals surface area contributed by atoms with Gasteiger partial charge in [0.15, 0.2) is 0 Å². The van der Waals surface area contributed by atoms with E-state index in [1.54, 1.807) is 6.26 Å². The van der Waals surface area contributed by atoms with Crippen molar-refractivity contribution in [1.82, 2.24) is 15.4 Å². The highest BCUT2D eigenvalue weighted by Crippen LogP contribution is 2.35. The van der Waals surface area contributed by atoms with E-state index in [0.29, 0.717) is 31.5 Å². The van der Waals surface area contributed by atoms with E-state index in [9.17, 15) is 14.4 Å². The molecule has 3 amide bonds. The molecule has 2 aliphatic rings. The van der Waals surface area contributed by atoms with Crippen LogP contribution in [0.3, 0.4) is 0 Å². The Morgan fingerprint density at radius 2 is 1.45 bits per heavy atom. The Labute approximate surface area is 237 Å². The summed E-state index contributed by atoms with van der Waals surface area (Å²) in [5.74, 6) is 2.04. The molecule has 2 fully saturated rings. The van der Waals surface area contributed by atoms with Gasteiger partial charge in [0.25, 0.3) is 0 Å². The highest BCUT2D eigenvalue weighted by molar-refractivity contribution is 7.97. The maximum Gasteiger partial charge on any atom is 0.417 e. The Morgan fingerprint density at radius 3 is 1.95 bits per heavy atom. The summed E-state index contributed by atoms with van der Waals surface area (Å²) in [5, 5.41) is 14.5. The second-order valence-electron chi connectivity index (χ2n) is 10.7. The number of carboxylic acid groups (broad SMARTS) is 1. The van der Waals surface area contributed by atoms with Crippen molar-refractivity contribution in [3.63, 3.8) is 0 Å². The third kappa shape index (κ3) is 12.5. The summed E-state index contributed by atoms with van der Waals surface area (Å²) in [7, 11) is 0. The van der Waals surface area contributed by atoms with Gasteiger partial charge in [-0.15, -0.1) is 0 Å². The Kier molecular flexibility index (Phi) is 15.4. The zero-order chi connectivity index (χ0) is 27.8. The fourth-order valence-electron chi connectivity index (χ4n) is 5.38. The zero-order valence-electron chi connectivity index (χ0n) is 22.9. The average Bonchev–Trinajstić information content (AvgIpc) is 2.90. The molecular weight excluding hydrogens is 530 g/mol. The number of alkyl carbamates (subject to hydrolysis) is 1. The van der Waals surface area contributed by atoms with Gasteiger partial charge in [-0.2, -0.15) is 12.6 Å². The molecule has 0 bridgehead atoms. The second kappa shape index (κ2) is 17.9. The minimum Gasteiger partial charge on any atom is -0.465 e. The molecule has 4 N–H and O–H groups in total. The lowest BCUT2D eigenvalue weighted by molar-refractivity contribution is -0.0377. The van der Waals surface area contributed by atoms with E-state index in [1.165, 1.54) is 6.42 Å². The molecule has 38 heavy (non-hydrogen) atoms. The van der Waals surface area contributed by atoms with Gasteiger partial charge >= 0.3 is 18.3 Å². The van der Waals surface area contributed by atoms with Gasteiger partial charge in [0.1, 0.15) is 13.2 Å².